The van der Waals surface area contributed by atoms with E-state index in [1.54, 1.807) is 25.1 Å². The van der Waals surface area contributed by atoms with E-state index in [-0.39, 0.29) is 23.7 Å². The number of hydrogen-bond donors (Lipinski definition) is 0. The van der Waals surface area contributed by atoms with Gasteiger partial charge in [-0.3, -0.25) is 9.69 Å². The fraction of sp³-hybridized carbons (Fsp3) is 0.320. The number of rotatable bonds is 6. The highest BCUT2D eigenvalue weighted by atomic mass is 19.1. The summed E-state index contributed by atoms with van der Waals surface area (Å²) < 4.78 is 20.5. The molecule has 1 saturated heterocycles. The zero-order valence-corrected chi connectivity index (χ0v) is 18.8. The van der Waals surface area contributed by atoms with Crippen molar-refractivity contribution in [2.45, 2.75) is 20.4 Å². The van der Waals surface area contributed by atoms with Gasteiger partial charge in [-0.2, -0.15) is 9.78 Å². The van der Waals surface area contributed by atoms with E-state index in [1.807, 2.05) is 36.1 Å². The van der Waals surface area contributed by atoms with Crippen LogP contribution in [0.2, 0.25) is 0 Å². The molecule has 1 aromatic heterocycles. The number of piperazine rings is 1. The van der Waals surface area contributed by atoms with Crippen molar-refractivity contribution in [1.29, 1.82) is 0 Å². The van der Waals surface area contributed by atoms with Gasteiger partial charge in [0, 0.05) is 44.4 Å². The summed E-state index contributed by atoms with van der Waals surface area (Å²) in [6.45, 7) is 6.83. The third-order valence-corrected chi connectivity index (χ3v) is 5.79. The molecule has 4 rings (SSSR count). The lowest BCUT2D eigenvalue weighted by Gasteiger charge is -2.36. The molecule has 0 aliphatic carbocycles. The number of para-hydroxylation sites is 1. The molecule has 0 saturated carbocycles. The second-order valence-electron chi connectivity index (χ2n) is 7.99. The SMILES string of the molecule is CCOC(=O)c1nn(-c2ccccc2C)c(=O)cc1N1CCN(Cc2ccccc2F)CC1. The first-order valence-electron chi connectivity index (χ1n) is 11.1. The van der Waals surface area contributed by atoms with Gasteiger partial charge >= 0.3 is 5.97 Å². The molecule has 172 valence electrons. The van der Waals surface area contributed by atoms with Gasteiger partial charge in [0.1, 0.15) is 5.82 Å². The first-order valence-corrected chi connectivity index (χ1v) is 11.1. The first-order chi connectivity index (χ1) is 16.0. The van der Waals surface area contributed by atoms with Crippen molar-refractivity contribution in [3.63, 3.8) is 0 Å². The summed E-state index contributed by atoms with van der Waals surface area (Å²) in [7, 11) is 0. The third-order valence-electron chi connectivity index (χ3n) is 5.79. The zero-order chi connectivity index (χ0) is 23.4. The lowest BCUT2D eigenvalue weighted by atomic mass is 10.1. The number of esters is 1. The second-order valence-corrected chi connectivity index (χ2v) is 7.99. The van der Waals surface area contributed by atoms with Gasteiger partial charge < -0.3 is 9.64 Å². The molecule has 0 spiro atoms. The maximum absolute atomic E-state index is 14.0. The third kappa shape index (κ3) is 4.96. The van der Waals surface area contributed by atoms with Gasteiger partial charge in [-0.15, -0.1) is 0 Å². The lowest BCUT2D eigenvalue weighted by molar-refractivity contribution is 0.0517. The molecule has 0 amide bonds. The van der Waals surface area contributed by atoms with Crippen molar-refractivity contribution in [1.82, 2.24) is 14.7 Å². The first kappa shape index (κ1) is 22.7. The Balaban J connectivity index is 1.60. The Morgan fingerprint density at radius 3 is 2.42 bits per heavy atom. The minimum Gasteiger partial charge on any atom is -0.461 e. The molecule has 2 heterocycles. The molecule has 0 radical (unpaired) electrons. The average Bonchev–Trinajstić information content (AvgIpc) is 2.82. The fourth-order valence-electron chi connectivity index (χ4n) is 4.02. The molecular formula is C25H27FN4O3. The van der Waals surface area contributed by atoms with Crippen LogP contribution in [-0.4, -0.2) is 53.4 Å². The molecule has 33 heavy (non-hydrogen) atoms. The topological polar surface area (TPSA) is 67.7 Å². The van der Waals surface area contributed by atoms with Crippen molar-refractivity contribution < 1.29 is 13.9 Å². The Labute approximate surface area is 192 Å². The summed E-state index contributed by atoms with van der Waals surface area (Å²) in [5, 5.41) is 4.42. The maximum atomic E-state index is 14.0. The van der Waals surface area contributed by atoms with E-state index in [0.29, 0.717) is 49.7 Å². The highest BCUT2D eigenvalue weighted by molar-refractivity contribution is 5.93. The monoisotopic (exact) mass is 450 g/mol. The number of hydrogen-bond acceptors (Lipinski definition) is 6. The Bertz CT molecular complexity index is 1200. The van der Waals surface area contributed by atoms with Gasteiger partial charge in [0.05, 0.1) is 18.0 Å². The van der Waals surface area contributed by atoms with Gasteiger partial charge in [-0.1, -0.05) is 36.4 Å². The van der Waals surface area contributed by atoms with Gasteiger partial charge in [0.25, 0.3) is 5.56 Å². The maximum Gasteiger partial charge on any atom is 0.360 e. The van der Waals surface area contributed by atoms with Crippen LogP contribution >= 0.6 is 0 Å². The normalized spacial score (nSPS) is 14.3. The van der Waals surface area contributed by atoms with E-state index < -0.39 is 5.97 Å². The summed E-state index contributed by atoms with van der Waals surface area (Å²) >= 11 is 0. The van der Waals surface area contributed by atoms with Crippen LogP contribution in [0.4, 0.5) is 10.1 Å². The molecule has 0 unspecified atom stereocenters. The number of aromatic nitrogens is 2. The average molecular weight is 451 g/mol. The molecule has 1 aliphatic rings. The summed E-state index contributed by atoms with van der Waals surface area (Å²) in [4.78, 5) is 29.9. The van der Waals surface area contributed by atoms with Crippen LogP contribution < -0.4 is 10.5 Å². The predicted molar refractivity (Wildman–Crippen MR) is 124 cm³/mol. The van der Waals surface area contributed by atoms with Crippen LogP contribution in [0, 0.1) is 12.7 Å². The molecule has 8 heteroatoms. The molecular weight excluding hydrogens is 423 g/mol. The number of benzene rings is 2. The standard InChI is InChI=1S/C25H27FN4O3/c1-3-33-25(32)24-22(16-23(31)30(27-24)21-11-7-4-8-18(21)2)29-14-12-28(13-15-29)17-19-9-5-6-10-20(19)26/h4-11,16H,3,12-15,17H2,1-2H3. The van der Waals surface area contributed by atoms with Gasteiger partial charge in [0.15, 0.2) is 5.69 Å². The quantitative estimate of drug-likeness (QED) is 0.538. The van der Waals surface area contributed by atoms with Crippen molar-refractivity contribution >= 4 is 11.7 Å². The van der Waals surface area contributed by atoms with Crippen molar-refractivity contribution in [2.75, 3.05) is 37.7 Å². The molecule has 0 atom stereocenters. The number of nitrogens with zero attached hydrogens (tertiary/aromatic N) is 4. The minimum absolute atomic E-state index is 0.113. The van der Waals surface area contributed by atoms with E-state index in [4.69, 9.17) is 4.74 Å². The van der Waals surface area contributed by atoms with Crippen LogP contribution in [0.5, 0.6) is 0 Å². The van der Waals surface area contributed by atoms with Crippen LogP contribution in [0.3, 0.4) is 0 Å². The molecule has 1 aliphatic heterocycles. The van der Waals surface area contributed by atoms with Gasteiger partial charge in [-0.05, 0) is 31.5 Å². The molecule has 0 bridgehead atoms. The fourth-order valence-corrected chi connectivity index (χ4v) is 4.02. The number of anilines is 1. The molecule has 1 fully saturated rings. The van der Waals surface area contributed by atoms with E-state index in [9.17, 15) is 14.0 Å². The van der Waals surface area contributed by atoms with Crippen LogP contribution in [0.15, 0.2) is 59.4 Å². The van der Waals surface area contributed by atoms with Gasteiger partial charge in [0.2, 0.25) is 0 Å². The number of carbonyl (C=O) groups is 1. The summed E-state index contributed by atoms with van der Waals surface area (Å²) in [6, 6.07) is 15.6. The molecule has 0 N–H and O–H groups in total. The summed E-state index contributed by atoms with van der Waals surface area (Å²) in [5.74, 6) is -0.780. The predicted octanol–water partition coefficient (Wildman–Crippen LogP) is 3.18. The van der Waals surface area contributed by atoms with E-state index in [2.05, 4.69) is 10.00 Å². The van der Waals surface area contributed by atoms with Crippen molar-refractivity contribution in [3.8, 4) is 5.69 Å². The van der Waals surface area contributed by atoms with E-state index in [0.717, 1.165) is 5.56 Å². The summed E-state index contributed by atoms with van der Waals surface area (Å²) in [5.41, 5.74) is 2.41. The molecule has 3 aromatic rings. The van der Waals surface area contributed by atoms with Crippen LogP contribution in [-0.2, 0) is 11.3 Å². The summed E-state index contributed by atoms with van der Waals surface area (Å²) in [6.07, 6.45) is 0. The van der Waals surface area contributed by atoms with E-state index >= 15 is 0 Å². The largest absolute Gasteiger partial charge is 0.461 e. The smallest absolute Gasteiger partial charge is 0.360 e. The Kier molecular flexibility index (Phi) is 6.84. The highest BCUT2D eigenvalue weighted by Gasteiger charge is 2.26. The van der Waals surface area contributed by atoms with Gasteiger partial charge in [-0.25, -0.2) is 9.18 Å². The zero-order valence-electron chi connectivity index (χ0n) is 18.8. The number of aryl methyl sites for hydroxylation is 1. The minimum atomic E-state index is -0.566. The molecule has 2 aromatic carbocycles. The van der Waals surface area contributed by atoms with Crippen molar-refractivity contribution in [2.24, 2.45) is 0 Å². The Morgan fingerprint density at radius 2 is 1.73 bits per heavy atom. The van der Waals surface area contributed by atoms with Crippen LogP contribution in [0.1, 0.15) is 28.5 Å². The van der Waals surface area contributed by atoms with Crippen LogP contribution in [0.25, 0.3) is 5.69 Å². The van der Waals surface area contributed by atoms with E-state index in [1.165, 1.54) is 16.8 Å². The second kappa shape index (κ2) is 9.95. The Hall–Kier alpha value is -3.52. The Morgan fingerprint density at radius 1 is 1.03 bits per heavy atom. The number of carbonyl (C=O) groups excluding carboxylic acids is 1. The molecule has 7 nitrogen and oxygen atoms in total. The number of halogens is 1. The lowest BCUT2D eigenvalue weighted by Crippen LogP contribution is -2.47. The highest BCUT2D eigenvalue weighted by Crippen LogP contribution is 2.22. The number of ether oxygens (including phenoxy) is 1. The van der Waals surface area contributed by atoms with Crippen molar-refractivity contribution in [3.05, 3.63) is 87.6 Å².